The number of hydrogen-bond acceptors (Lipinski definition) is 2. The molecule has 3 rings (SSSR count). The third-order valence-electron chi connectivity index (χ3n) is 3.98. The Morgan fingerprint density at radius 1 is 1.15 bits per heavy atom. The molecule has 0 aliphatic heterocycles. The van der Waals surface area contributed by atoms with Crippen molar-refractivity contribution in [3.63, 3.8) is 0 Å². The summed E-state index contributed by atoms with van der Waals surface area (Å²) >= 11 is 3.53. The summed E-state index contributed by atoms with van der Waals surface area (Å²) in [5, 5.41) is 13.3. The number of hydrogen-bond donors (Lipinski definition) is 2. The maximum atomic E-state index is 9.77. The average molecular weight is 332 g/mol. The predicted octanol–water partition coefficient (Wildman–Crippen LogP) is 4.43. The summed E-state index contributed by atoms with van der Waals surface area (Å²) in [7, 11) is 0. The van der Waals surface area contributed by atoms with Gasteiger partial charge in [-0.05, 0) is 61.1 Å². The molecular weight excluding hydrogens is 314 g/mol. The number of benzene rings is 2. The van der Waals surface area contributed by atoms with Crippen LogP contribution < -0.4 is 5.32 Å². The molecule has 2 aromatic carbocycles. The number of aryl methyl sites for hydroxylation is 2. The molecule has 0 saturated heterocycles. The molecule has 0 bridgehead atoms. The zero-order valence-electron chi connectivity index (χ0n) is 11.5. The van der Waals surface area contributed by atoms with Crippen LogP contribution in [-0.2, 0) is 12.8 Å². The minimum Gasteiger partial charge on any atom is -0.508 e. The summed E-state index contributed by atoms with van der Waals surface area (Å²) in [6.45, 7) is 1.91. The maximum absolute atomic E-state index is 9.77. The van der Waals surface area contributed by atoms with E-state index in [1.807, 2.05) is 25.1 Å². The molecule has 0 saturated carbocycles. The second kappa shape index (κ2) is 5.49. The van der Waals surface area contributed by atoms with E-state index in [0.29, 0.717) is 11.8 Å². The smallest absolute Gasteiger partial charge is 0.120 e. The lowest BCUT2D eigenvalue weighted by molar-refractivity contribution is 0.471. The molecule has 0 radical (unpaired) electrons. The SMILES string of the molecule is Cc1ccc(NC2CCc3cc(Br)ccc3C2)cc1O. The highest BCUT2D eigenvalue weighted by atomic mass is 79.9. The van der Waals surface area contributed by atoms with E-state index in [4.69, 9.17) is 0 Å². The Balaban J connectivity index is 1.74. The molecular formula is C17H18BrNO. The van der Waals surface area contributed by atoms with Crippen LogP contribution in [0.25, 0.3) is 0 Å². The molecule has 0 fully saturated rings. The highest BCUT2D eigenvalue weighted by Crippen LogP contribution is 2.28. The largest absolute Gasteiger partial charge is 0.508 e. The lowest BCUT2D eigenvalue weighted by Gasteiger charge is -2.26. The summed E-state index contributed by atoms with van der Waals surface area (Å²) in [5.74, 6) is 0.357. The number of anilines is 1. The topological polar surface area (TPSA) is 32.3 Å². The minimum atomic E-state index is 0.357. The highest BCUT2D eigenvalue weighted by Gasteiger charge is 2.18. The number of aromatic hydroxyl groups is 1. The van der Waals surface area contributed by atoms with E-state index in [0.717, 1.165) is 35.0 Å². The van der Waals surface area contributed by atoms with Crippen molar-refractivity contribution in [2.75, 3.05) is 5.32 Å². The van der Waals surface area contributed by atoms with Crippen molar-refractivity contribution in [1.29, 1.82) is 0 Å². The van der Waals surface area contributed by atoms with Gasteiger partial charge in [-0.1, -0.05) is 28.1 Å². The van der Waals surface area contributed by atoms with Gasteiger partial charge in [-0.15, -0.1) is 0 Å². The summed E-state index contributed by atoms with van der Waals surface area (Å²) in [6.07, 6.45) is 3.26. The predicted molar refractivity (Wildman–Crippen MR) is 86.4 cm³/mol. The second-order valence-electron chi connectivity index (χ2n) is 5.50. The van der Waals surface area contributed by atoms with E-state index in [1.54, 1.807) is 0 Å². The normalized spacial score (nSPS) is 17.6. The molecule has 0 aromatic heterocycles. The third-order valence-corrected chi connectivity index (χ3v) is 4.47. The molecule has 1 atom stereocenters. The summed E-state index contributed by atoms with van der Waals surface area (Å²) in [5.41, 5.74) is 4.78. The van der Waals surface area contributed by atoms with Crippen molar-refractivity contribution >= 4 is 21.6 Å². The molecule has 0 amide bonds. The molecule has 1 unspecified atom stereocenters. The van der Waals surface area contributed by atoms with Gasteiger partial charge in [0.05, 0.1) is 0 Å². The van der Waals surface area contributed by atoms with Crippen molar-refractivity contribution < 1.29 is 5.11 Å². The Morgan fingerprint density at radius 2 is 2.00 bits per heavy atom. The zero-order chi connectivity index (χ0) is 14.1. The van der Waals surface area contributed by atoms with Gasteiger partial charge in [-0.2, -0.15) is 0 Å². The fourth-order valence-corrected chi connectivity index (χ4v) is 3.19. The number of phenols is 1. The van der Waals surface area contributed by atoms with Crippen LogP contribution in [0.2, 0.25) is 0 Å². The van der Waals surface area contributed by atoms with Gasteiger partial charge in [-0.3, -0.25) is 0 Å². The number of rotatable bonds is 2. The van der Waals surface area contributed by atoms with E-state index in [1.165, 1.54) is 11.1 Å². The monoisotopic (exact) mass is 331 g/mol. The molecule has 2 nitrogen and oxygen atoms in total. The van der Waals surface area contributed by atoms with Gasteiger partial charge in [0.15, 0.2) is 0 Å². The van der Waals surface area contributed by atoms with Crippen molar-refractivity contribution in [2.24, 2.45) is 0 Å². The molecule has 2 aromatic rings. The Bertz CT molecular complexity index is 639. The van der Waals surface area contributed by atoms with Gasteiger partial charge in [-0.25, -0.2) is 0 Å². The standard InChI is InChI=1S/C17H18BrNO/c1-11-2-6-16(10-17(11)20)19-15-7-4-12-8-14(18)5-3-13(12)9-15/h2-3,5-6,8,10,15,19-20H,4,7,9H2,1H3. The zero-order valence-corrected chi connectivity index (χ0v) is 13.1. The van der Waals surface area contributed by atoms with Crippen molar-refractivity contribution in [3.05, 3.63) is 57.6 Å². The van der Waals surface area contributed by atoms with Gasteiger partial charge in [0.25, 0.3) is 0 Å². The minimum absolute atomic E-state index is 0.357. The molecule has 2 N–H and O–H groups in total. The van der Waals surface area contributed by atoms with Gasteiger partial charge in [0.1, 0.15) is 5.75 Å². The van der Waals surface area contributed by atoms with E-state index in [9.17, 15) is 5.11 Å². The molecule has 1 aliphatic rings. The van der Waals surface area contributed by atoms with Crippen LogP contribution in [0.15, 0.2) is 40.9 Å². The molecule has 3 heteroatoms. The first-order valence-corrected chi connectivity index (χ1v) is 7.74. The number of phenolic OH excluding ortho intramolecular Hbond substituents is 1. The van der Waals surface area contributed by atoms with Crippen LogP contribution in [0.3, 0.4) is 0 Å². The second-order valence-corrected chi connectivity index (χ2v) is 6.41. The molecule has 0 spiro atoms. The lowest BCUT2D eigenvalue weighted by atomic mass is 9.88. The first-order chi connectivity index (χ1) is 9.61. The number of nitrogens with one attached hydrogen (secondary N) is 1. The van der Waals surface area contributed by atoms with Crippen LogP contribution in [0.5, 0.6) is 5.75 Å². The van der Waals surface area contributed by atoms with Crippen molar-refractivity contribution in [3.8, 4) is 5.75 Å². The Morgan fingerprint density at radius 3 is 2.80 bits per heavy atom. The molecule has 0 heterocycles. The van der Waals surface area contributed by atoms with E-state index < -0.39 is 0 Å². The number of halogens is 1. The van der Waals surface area contributed by atoms with Gasteiger partial charge in [0, 0.05) is 22.3 Å². The van der Waals surface area contributed by atoms with Crippen LogP contribution >= 0.6 is 15.9 Å². The van der Waals surface area contributed by atoms with Crippen LogP contribution in [0, 0.1) is 6.92 Å². The summed E-state index contributed by atoms with van der Waals surface area (Å²) in [6, 6.07) is 12.8. The lowest BCUT2D eigenvalue weighted by Crippen LogP contribution is -2.27. The van der Waals surface area contributed by atoms with E-state index >= 15 is 0 Å². The maximum Gasteiger partial charge on any atom is 0.120 e. The quantitative estimate of drug-likeness (QED) is 0.853. The van der Waals surface area contributed by atoms with Crippen molar-refractivity contribution in [2.45, 2.75) is 32.2 Å². The average Bonchev–Trinajstić information content (AvgIpc) is 2.43. The Kier molecular flexibility index (Phi) is 3.70. The fourth-order valence-electron chi connectivity index (χ4n) is 2.78. The van der Waals surface area contributed by atoms with Gasteiger partial charge >= 0.3 is 0 Å². The van der Waals surface area contributed by atoms with E-state index in [2.05, 4.69) is 39.4 Å². The Hall–Kier alpha value is -1.48. The first kappa shape index (κ1) is 13.5. The number of fused-ring (bicyclic) bond motifs is 1. The first-order valence-electron chi connectivity index (χ1n) is 6.95. The van der Waals surface area contributed by atoms with Gasteiger partial charge in [0.2, 0.25) is 0 Å². The van der Waals surface area contributed by atoms with Gasteiger partial charge < -0.3 is 10.4 Å². The molecule has 1 aliphatic carbocycles. The van der Waals surface area contributed by atoms with Crippen LogP contribution in [-0.4, -0.2) is 11.1 Å². The van der Waals surface area contributed by atoms with Crippen LogP contribution in [0.4, 0.5) is 5.69 Å². The third kappa shape index (κ3) is 2.83. The molecule has 104 valence electrons. The fraction of sp³-hybridized carbons (Fsp3) is 0.294. The molecule has 20 heavy (non-hydrogen) atoms. The van der Waals surface area contributed by atoms with Crippen molar-refractivity contribution in [1.82, 2.24) is 0 Å². The highest BCUT2D eigenvalue weighted by molar-refractivity contribution is 9.10. The van der Waals surface area contributed by atoms with E-state index in [-0.39, 0.29) is 0 Å². The Labute approximate surface area is 128 Å². The summed E-state index contributed by atoms with van der Waals surface area (Å²) in [4.78, 5) is 0. The summed E-state index contributed by atoms with van der Waals surface area (Å²) < 4.78 is 1.16. The van der Waals surface area contributed by atoms with Crippen LogP contribution in [0.1, 0.15) is 23.1 Å².